The third kappa shape index (κ3) is 4.42. The van der Waals surface area contributed by atoms with Crippen molar-refractivity contribution in [3.05, 3.63) is 48.5 Å². The highest BCUT2D eigenvalue weighted by atomic mass is 19.1. The zero-order valence-corrected chi connectivity index (χ0v) is 13.1. The Morgan fingerprint density at radius 1 is 1.29 bits per heavy atom. The van der Waals surface area contributed by atoms with Crippen LogP contribution in [0.15, 0.2) is 42.7 Å². The number of nitrogens with zero attached hydrogens (tertiary/aromatic N) is 1. The maximum Gasteiger partial charge on any atom is 0.323 e. The molecule has 1 aliphatic rings. The van der Waals surface area contributed by atoms with E-state index < -0.39 is 11.8 Å². The fourth-order valence-electron chi connectivity index (χ4n) is 2.50. The van der Waals surface area contributed by atoms with Gasteiger partial charge in [-0.15, -0.1) is 0 Å². The number of carbonyl (C=O) groups is 1. The molecule has 0 radical (unpaired) electrons. The minimum absolute atomic E-state index is 0.132. The van der Waals surface area contributed by atoms with Crippen LogP contribution in [-0.2, 0) is 4.74 Å². The van der Waals surface area contributed by atoms with Crippen LogP contribution in [0.2, 0.25) is 0 Å². The topological polar surface area (TPSA) is 75.3 Å². The highest BCUT2D eigenvalue weighted by molar-refractivity contribution is 5.99. The van der Waals surface area contributed by atoms with Crippen molar-refractivity contribution in [3.63, 3.8) is 0 Å². The maximum absolute atomic E-state index is 14.1. The lowest BCUT2D eigenvalue weighted by Gasteiger charge is -2.13. The number of benzene rings is 1. The summed E-state index contributed by atoms with van der Waals surface area (Å²) in [6.45, 7) is 1.34. The van der Waals surface area contributed by atoms with Crippen LogP contribution in [0.1, 0.15) is 12.8 Å². The summed E-state index contributed by atoms with van der Waals surface area (Å²) in [5.41, 5.74) is 1.32. The Balaban J connectivity index is 1.54. The second-order valence-electron chi connectivity index (χ2n) is 5.53. The molecule has 6 nitrogen and oxygen atoms in total. The van der Waals surface area contributed by atoms with Gasteiger partial charge in [0.2, 0.25) is 0 Å². The lowest BCUT2D eigenvalue weighted by molar-refractivity contribution is 0.120. The van der Waals surface area contributed by atoms with Gasteiger partial charge in [0.25, 0.3) is 0 Å². The summed E-state index contributed by atoms with van der Waals surface area (Å²) in [4.78, 5) is 15.8. The Bertz CT molecular complexity index is 690. The van der Waals surface area contributed by atoms with Gasteiger partial charge in [-0.05, 0) is 43.2 Å². The second kappa shape index (κ2) is 7.74. The number of pyridine rings is 1. The summed E-state index contributed by atoms with van der Waals surface area (Å²) in [6.07, 6.45) is 5.30. The summed E-state index contributed by atoms with van der Waals surface area (Å²) in [5, 5.41) is 8.24. The van der Waals surface area contributed by atoms with E-state index in [0.29, 0.717) is 23.6 Å². The highest BCUT2D eigenvalue weighted by Crippen LogP contribution is 2.20. The van der Waals surface area contributed by atoms with Gasteiger partial charge in [0.1, 0.15) is 5.82 Å². The number of ether oxygens (including phenoxy) is 1. The number of amides is 2. The monoisotopic (exact) mass is 330 g/mol. The van der Waals surface area contributed by atoms with Crippen molar-refractivity contribution in [2.24, 2.45) is 0 Å². The molecule has 3 rings (SSSR count). The van der Waals surface area contributed by atoms with Crippen LogP contribution in [0, 0.1) is 5.82 Å². The van der Waals surface area contributed by atoms with Crippen molar-refractivity contribution in [2.45, 2.75) is 18.9 Å². The van der Waals surface area contributed by atoms with E-state index in [9.17, 15) is 9.18 Å². The third-order valence-corrected chi connectivity index (χ3v) is 3.69. The first-order chi connectivity index (χ1) is 11.7. The predicted molar refractivity (Wildman–Crippen MR) is 90.7 cm³/mol. The van der Waals surface area contributed by atoms with E-state index in [1.807, 2.05) is 0 Å². The predicted octanol–water partition coefficient (Wildman–Crippen LogP) is 3.46. The van der Waals surface area contributed by atoms with E-state index in [1.54, 1.807) is 30.5 Å². The molecule has 0 saturated carbocycles. The first-order valence-corrected chi connectivity index (χ1v) is 7.84. The van der Waals surface area contributed by atoms with Crippen LogP contribution in [0.5, 0.6) is 0 Å². The smallest absolute Gasteiger partial charge is 0.323 e. The molecule has 2 aromatic rings. The molecule has 1 aliphatic heterocycles. The first kappa shape index (κ1) is 16.2. The zero-order valence-electron chi connectivity index (χ0n) is 13.1. The highest BCUT2D eigenvalue weighted by Gasteiger charge is 2.15. The average Bonchev–Trinajstić information content (AvgIpc) is 3.08. The molecule has 3 N–H and O–H groups in total. The van der Waals surface area contributed by atoms with Crippen LogP contribution in [0.4, 0.5) is 26.2 Å². The van der Waals surface area contributed by atoms with E-state index in [0.717, 1.165) is 19.4 Å². The molecule has 0 aliphatic carbocycles. The van der Waals surface area contributed by atoms with E-state index in [4.69, 9.17) is 4.74 Å². The molecule has 1 atom stereocenters. The molecular formula is C17H19FN4O2. The number of anilines is 3. The molecule has 0 spiro atoms. The van der Waals surface area contributed by atoms with Gasteiger partial charge in [0.05, 0.1) is 23.7 Å². The number of nitrogens with one attached hydrogen (secondary N) is 3. The van der Waals surface area contributed by atoms with Gasteiger partial charge in [-0.2, -0.15) is 0 Å². The van der Waals surface area contributed by atoms with Crippen LogP contribution >= 0.6 is 0 Å². The Hall–Kier alpha value is -2.67. The molecule has 1 saturated heterocycles. The number of carbonyl (C=O) groups excluding carboxylic acids is 1. The normalized spacial score (nSPS) is 16.6. The molecule has 1 fully saturated rings. The van der Waals surface area contributed by atoms with Crippen molar-refractivity contribution in [1.82, 2.24) is 4.98 Å². The molecule has 2 heterocycles. The number of hydrogen-bond donors (Lipinski definition) is 3. The summed E-state index contributed by atoms with van der Waals surface area (Å²) < 4.78 is 19.6. The molecule has 1 aromatic heterocycles. The van der Waals surface area contributed by atoms with Gasteiger partial charge in [-0.25, -0.2) is 9.18 Å². The summed E-state index contributed by atoms with van der Waals surface area (Å²) in [7, 11) is 0. The van der Waals surface area contributed by atoms with E-state index in [1.165, 1.54) is 12.3 Å². The van der Waals surface area contributed by atoms with Gasteiger partial charge in [0.15, 0.2) is 0 Å². The third-order valence-electron chi connectivity index (χ3n) is 3.69. The Kier molecular flexibility index (Phi) is 5.22. The van der Waals surface area contributed by atoms with Gasteiger partial charge >= 0.3 is 6.03 Å². The second-order valence-corrected chi connectivity index (χ2v) is 5.53. The first-order valence-electron chi connectivity index (χ1n) is 7.84. The number of aromatic nitrogens is 1. The number of halogens is 1. The van der Waals surface area contributed by atoms with Crippen molar-refractivity contribution in [1.29, 1.82) is 0 Å². The molecule has 2 amide bonds. The van der Waals surface area contributed by atoms with Gasteiger partial charge < -0.3 is 20.7 Å². The summed E-state index contributed by atoms with van der Waals surface area (Å²) in [5.74, 6) is -0.424. The fraction of sp³-hybridized carbons (Fsp3) is 0.294. The van der Waals surface area contributed by atoms with E-state index in [-0.39, 0.29) is 6.10 Å². The van der Waals surface area contributed by atoms with Crippen molar-refractivity contribution >= 4 is 23.1 Å². The van der Waals surface area contributed by atoms with Crippen LogP contribution < -0.4 is 16.0 Å². The largest absolute Gasteiger partial charge is 0.380 e. The number of rotatable bonds is 5. The summed E-state index contributed by atoms with van der Waals surface area (Å²) >= 11 is 0. The molecule has 0 bridgehead atoms. The minimum atomic E-state index is -0.456. The minimum Gasteiger partial charge on any atom is -0.380 e. The van der Waals surface area contributed by atoms with Crippen LogP contribution in [-0.4, -0.2) is 30.3 Å². The van der Waals surface area contributed by atoms with E-state index in [2.05, 4.69) is 20.9 Å². The Labute approximate surface area is 139 Å². The molecule has 7 heteroatoms. The summed E-state index contributed by atoms with van der Waals surface area (Å²) in [6, 6.07) is 7.49. The molecule has 0 unspecified atom stereocenters. The van der Waals surface area contributed by atoms with Gasteiger partial charge in [-0.1, -0.05) is 0 Å². The number of hydrogen-bond acceptors (Lipinski definition) is 4. The van der Waals surface area contributed by atoms with Gasteiger partial charge in [-0.3, -0.25) is 4.98 Å². The molecule has 1 aromatic carbocycles. The van der Waals surface area contributed by atoms with Crippen LogP contribution in [0.25, 0.3) is 0 Å². The fourth-order valence-corrected chi connectivity index (χ4v) is 2.50. The van der Waals surface area contributed by atoms with Crippen molar-refractivity contribution in [3.8, 4) is 0 Å². The maximum atomic E-state index is 14.1. The standard InChI is InChI=1S/C17H19FN4O2/c18-15-9-12(21-17(23)22-13-3-1-7-19-10-13)5-6-16(15)20-11-14-4-2-8-24-14/h1,3,5-7,9-10,14,20H,2,4,8,11H2,(H2,21,22,23)/t14-/m0/s1. The molecule has 126 valence electrons. The molecule has 24 heavy (non-hydrogen) atoms. The number of urea groups is 1. The average molecular weight is 330 g/mol. The lowest BCUT2D eigenvalue weighted by atomic mass is 10.2. The van der Waals surface area contributed by atoms with Gasteiger partial charge in [0, 0.05) is 25.0 Å². The lowest BCUT2D eigenvalue weighted by Crippen LogP contribution is -2.20. The van der Waals surface area contributed by atoms with Crippen molar-refractivity contribution in [2.75, 3.05) is 29.1 Å². The zero-order chi connectivity index (χ0) is 16.8. The Morgan fingerprint density at radius 2 is 2.17 bits per heavy atom. The SMILES string of the molecule is O=C(Nc1cccnc1)Nc1ccc(NC[C@@H]2CCCO2)c(F)c1. The van der Waals surface area contributed by atoms with E-state index >= 15 is 0 Å². The van der Waals surface area contributed by atoms with Crippen molar-refractivity contribution < 1.29 is 13.9 Å². The molecular weight excluding hydrogens is 311 g/mol. The van der Waals surface area contributed by atoms with Crippen LogP contribution in [0.3, 0.4) is 0 Å². The quantitative estimate of drug-likeness (QED) is 0.785. The Morgan fingerprint density at radius 3 is 2.88 bits per heavy atom.